The molecule has 0 saturated carbocycles. The molecule has 1 heterocycles. The number of halogens is 1. The molecule has 0 aliphatic carbocycles. The van der Waals surface area contributed by atoms with Crippen molar-refractivity contribution in [2.45, 2.75) is 30.9 Å². The van der Waals surface area contributed by atoms with Crippen molar-refractivity contribution in [1.29, 1.82) is 0 Å². The van der Waals surface area contributed by atoms with Gasteiger partial charge >= 0.3 is 0 Å². The monoisotopic (exact) mass is 348 g/mol. The van der Waals surface area contributed by atoms with Gasteiger partial charge in [-0.25, -0.2) is 8.42 Å². The van der Waals surface area contributed by atoms with Gasteiger partial charge in [-0.1, -0.05) is 15.9 Å². The maximum absolute atomic E-state index is 12.7. The van der Waals surface area contributed by atoms with Crippen LogP contribution >= 0.6 is 15.9 Å². The number of nitrogen functional groups attached to an aromatic ring is 1. The summed E-state index contributed by atoms with van der Waals surface area (Å²) in [5, 5.41) is 0. The van der Waals surface area contributed by atoms with Crippen LogP contribution in [-0.2, 0) is 14.8 Å². The number of hydrogen-bond donors (Lipinski definition) is 1. The standard InChI is InChI=1S/C12H17BrN2O3S/c1-8-7-18-9(2)6-15(8)19(16,17)12-5-10(13)3-4-11(12)14/h3-5,8-9H,6-7,14H2,1-2H3. The molecule has 2 unspecified atom stereocenters. The van der Waals surface area contributed by atoms with Crippen molar-refractivity contribution in [2.75, 3.05) is 18.9 Å². The smallest absolute Gasteiger partial charge is 0.245 e. The molecule has 19 heavy (non-hydrogen) atoms. The fourth-order valence-corrected chi connectivity index (χ4v) is 4.41. The van der Waals surface area contributed by atoms with E-state index in [9.17, 15) is 8.42 Å². The first-order valence-corrected chi connectivity index (χ1v) is 8.24. The highest BCUT2D eigenvalue weighted by Gasteiger charge is 2.35. The molecular weight excluding hydrogens is 332 g/mol. The molecule has 2 N–H and O–H groups in total. The van der Waals surface area contributed by atoms with Crippen molar-refractivity contribution < 1.29 is 13.2 Å². The van der Waals surface area contributed by atoms with Crippen LogP contribution in [-0.4, -0.2) is 38.0 Å². The van der Waals surface area contributed by atoms with E-state index in [1.807, 2.05) is 13.8 Å². The van der Waals surface area contributed by atoms with E-state index in [-0.39, 0.29) is 22.7 Å². The molecule has 1 fully saturated rings. The average Bonchev–Trinajstić information content (AvgIpc) is 2.35. The van der Waals surface area contributed by atoms with E-state index in [0.717, 1.165) is 0 Å². The highest BCUT2D eigenvalue weighted by molar-refractivity contribution is 9.10. The van der Waals surface area contributed by atoms with Crippen LogP contribution in [0.15, 0.2) is 27.6 Å². The molecular formula is C12H17BrN2O3S. The van der Waals surface area contributed by atoms with Crippen molar-refractivity contribution in [2.24, 2.45) is 0 Å². The van der Waals surface area contributed by atoms with Gasteiger partial charge in [0.1, 0.15) is 4.90 Å². The Morgan fingerprint density at radius 2 is 2.11 bits per heavy atom. The second-order valence-corrected chi connectivity index (χ2v) is 7.52. The van der Waals surface area contributed by atoms with E-state index in [1.54, 1.807) is 12.1 Å². The molecule has 0 aromatic heterocycles. The normalized spacial score (nSPS) is 25.4. The van der Waals surface area contributed by atoms with Gasteiger partial charge in [-0.15, -0.1) is 0 Å². The summed E-state index contributed by atoms with van der Waals surface area (Å²) in [6, 6.07) is 4.66. The van der Waals surface area contributed by atoms with Gasteiger partial charge in [0.05, 0.1) is 18.4 Å². The molecule has 0 radical (unpaired) electrons. The van der Waals surface area contributed by atoms with Crippen LogP contribution in [0, 0.1) is 0 Å². The van der Waals surface area contributed by atoms with E-state index in [4.69, 9.17) is 10.5 Å². The minimum atomic E-state index is -3.60. The molecule has 106 valence electrons. The largest absolute Gasteiger partial charge is 0.398 e. The third-order valence-electron chi connectivity index (χ3n) is 3.11. The van der Waals surface area contributed by atoms with Gasteiger partial charge in [-0.05, 0) is 32.0 Å². The third kappa shape index (κ3) is 2.94. The number of nitrogens with two attached hydrogens (primary N) is 1. The van der Waals surface area contributed by atoms with E-state index in [0.29, 0.717) is 17.6 Å². The number of sulfonamides is 1. The molecule has 5 nitrogen and oxygen atoms in total. The van der Waals surface area contributed by atoms with Crippen LogP contribution in [0.1, 0.15) is 13.8 Å². The van der Waals surface area contributed by atoms with Crippen LogP contribution in [0.4, 0.5) is 5.69 Å². The summed E-state index contributed by atoms with van der Waals surface area (Å²) in [6.45, 7) is 4.43. The lowest BCUT2D eigenvalue weighted by atomic mass is 10.2. The highest BCUT2D eigenvalue weighted by atomic mass is 79.9. The van der Waals surface area contributed by atoms with Gasteiger partial charge in [0.15, 0.2) is 0 Å². The molecule has 0 amide bonds. The summed E-state index contributed by atoms with van der Waals surface area (Å²) in [6.07, 6.45) is -0.112. The first-order chi connectivity index (χ1) is 8.82. The zero-order valence-electron chi connectivity index (χ0n) is 10.8. The molecule has 7 heteroatoms. The molecule has 0 bridgehead atoms. The molecule has 1 aromatic rings. The Bertz CT molecular complexity index is 576. The van der Waals surface area contributed by atoms with Crippen molar-refractivity contribution >= 4 is 31.6 Å². The van der Waals surface area contributed by atoms with Gasteiger partial charge in [0, 0.05) is 17.1 Å². The Morgan fingerprint density at radius 3 is 2.79 bits per heavy atom. The summed E-state index contributed by atoms with van der Waals surface area (Å²) in [4.78, 5) is 0.142. The second-order valence-electron chi connectivity index (χ2n) is 4.75. The second kappa shape index (κ2) is 5.40. The molecule has 2 rings (SSSR count). The number of rotatable bonds is 2. The van der Waals surface area contributed by atoms with Gasteiger partial charge in [-0.2, -0.15) is 4.31 Å². The van der Waals surface area contributed by atoms with Crippen LogP contribution < -0.4 is 5.73 Å². The zero-order chi connectivity index (χ0) is 14.2. The molecule has 1 aliphatic heterocycles. The van der Waals surface area contributed by atoms with Crippen LogP contribution in [0.25, 0.3) is 0 Å². The van der Waals surface area contributed by atoms with Crippen LogP contribution in [0.2, 0.25) is 0 Å². The van der Waals surface area contributed by atoms with Gasteiger partial charge in [-0.3, -0.25) is 0 Å². The fraction of sp³-hybridized carbons (Fsp3) is 0.500. The Hall–Kier alpha value is -0.630. The minimum absolute atomic E-state index is 0.112. The topological polar surface area (TPSA) is 72.6 Å². The minimum Gasteiger partial charge on any atom is -0.398 e. The Balaban J connectivity index is 2.44. The lowest BCUT2D eigenvalue weighted by Crippen LogP contribution is -2.50. The van der Waals surface area contributed by atoms with Gasteiger partial charge in [0.2, 0.25) is 10.0 Å². The predicted molar refractivity (Wildman–Crippen MR) is 77.3 cm³/mol. The molecule has 1 aliphatic rings. The number of ether oxygens (including phenoxy) is 1. The first kappa shape index (κ1) is 14.8. The number of hydrogen-bond acceptors (Lipinski definition) is 4. The lowest BCUT2D eigenvalue weighted by Gasteiger charge is -2.35. The number of benzene rings is 1. The van der Waals surface area contributed by atoms with Gasteiger partial charge in [0.25, 0.3) is 0 Å². The fourth-order valence-electron chi connectivity index (χ4n) is 2.07. The number of nitrogens with zero attached hydrogens (tertiary/aromatic N) is 1. The maximum Gasteiger partial charge on any atom is 0.245 e. The van der Waals surface area contributed by atoms with Crippen molar-refractivity contribution in [3.8, 4) is 0 Å². The van der Waals surface area contributed by atoms with E-state index < -0.39 is 10.0 Å². The third-order valence-corrected chi connectivity index (χ3v) is 5.64. The molecule has 0 spiro atoms. The summed E-state index contributed by atoms with van der Waals surface area (Å²) in [5.74, 6) is 0. The van der Waals surface area contributed by atoms with Crippen LogP contribution in [0.5, 0.6) is 0 Å². The van der Waals surface area contributed by atoms with Gasteiger partial charge < -0.3 is 10.5 Å². The van der Waals surface area contributed by atoms with E-state index in [1.165, 1.54) is 10.4 Å². The highest BCUT2D eigenvalue weighted by Crippen LogP contribution is 2.28. The molecule has 1 saturated heterocycles. The Kier molecular flexibility index (Phi) is 4.20. The maximum atomic E-state index is 12.7. The first-order valence-electron chi connectivity index (χ1n) is 6.01. The van der Waals surface area contributed by atoms with E-state index >= 15 is 0 Å². The SMILES string of the molecule is CC1CN(S(=O)(=O)c2cc(Br)ccc2N)C(C)CO1. The summed E-state index contributed by atoms with van der Waals surface area (Å²) >= 11 is 3.28. The number of morpholine rings is 1. The Labute approximate surface area is 121 Å². The van der Waals surface area contributed by atoms with Crippen molar-refractivity contribution in [3.05, 3.63) is 22.7 Å². The summed E-state index contributed by atoms with van der Waals surface area (Å²) in [5.41, 5.74) is 6.06. The Morgan fingerprint density at radius 1 is 1.42 bits per heavy atom. The predicted octanol–water partition coefficient (Wildman–Crippen LogP) is 1.83. The molecule has 1 aromatic carbocycles. The summed E-state index contributed by atoms with van der Waals surface area (Å²) in [7, 11) is -3.60. The molecule has 2 atom stereocenters. The van der Waals surface area contributed by atoms with Crippen LogP contribution in [0.3, 0.4) is 0 Å². The van der Waals surface area contributed by atoms with Crippen molar-refractivity contribution in [1.82, 2.24) is 4.31 Å². The summed E-state index contributed by atoms with van der Waals surface area (Å²) < 4.78 is 33.0. The average molecular weight is 349 g/mol. The van der Waals surface area contributed by atoms with Crippen molar-refractivity contribution in [3.63, 3.8) is 0 Å². The van der Waals surface area contributed by atoms with E-state index in [2.05, 4.69) is 15.9 Å². The lowest BCUT2D eigenvalue weighted by molar-refractivity contribution is -0.0170. The number of anilines is 1. The quantitative estimate of drug-likeness (QED) is 0.827. The zero-order valence-corrected chi connectivity index (χ0v) is 13.2.